The first-order valence-corrected chi connectivity index (χ1v) is 6.70. The molecule has 1 aromatic rings. The molecule has 96 valence electrons. The zero-order valence-electron chi connectivity index (χ0n) is 10.2. The monoisotopic (exact) mass is 265 g/mol. The zero-order valence-corrected chi connectivity index (χ0v) is 11.0. The molecule has 0 bridgehead atoms. The van der Waals surface area contributed by atoms with E-state index in [4.69, 9.17) is 0 Å². The Bertz CT molecular complexity index is 539. The third-order valence-corrected chi connectivity index (χ3v) is 3.94. The lowest BCUT2D eigenvalue weighted by molar-refractivity contribution is -0.124. The molecular weight excluding hydrogens is 250 g/mol. The van der Waals surface area contributed by atoms with Gasteiger partial charge in [0.25, 0.3) is 5.56 Å². The fraction of sp³-hybridized carbons (Fsp3) is 0.417. The number of thioether (sulfide) groups is 1. The molecule has 1 N–H and O–H groups in total. The summed E-state index contributed by atoms with van der Waals surface area (Å²) in [5.74, 6) is 0.420. The average Bonchev–Trinajstić information content (AvgIpc) is 2.40. The highest BCUT2D eigenvalue weighted by molar-refractivity contribution is 7.99. The highest BCUT2D eigenvalue weighted by atomic mass is 32.2. The van der Waals surface area contributed by atoms with Gasteiger partial charge in [-0.3, -0.25) is 14.2 Å². The average molecular weight is 265 g/mol. The van der Waals surface area contributed by atoms with Gasteiger partial charge in [-0.25, -0.2) is 4.98 Å². The third kappa shape index (κ3) is 2.48. The van der Waals surface area contributed by atoms with E-state index in [2.05, 4.69) is 16.9 Å². The van der Waals surface area contributed by atoms with E-state index in [0.717, 1.165) is 0 Å². The molecule has 1 aliphatic rings. The largest absolute Gasteiger partial charge is 0.352 e. The summed E-state index contributed by atoms with van der Waals surface area (Å²) in [5.41, 5.74) is 0.542. The lowest BCUT2D eigenvalue weighted by atomic mass is 10.1. The minimum atomic E-state index is -0.191. The molecule has 0 aromatic carbocycles. The Morgan fingerprint density at radius 1 is 1.78 bits per heavy atom. The molecular formula is C12H15N3O2S. The number of aromatic nitrogens is 2. The van der Waals surface area contributed by atoms with E-state index < -0.39 is 0 Å². The van der Waals surface area contributed by atoms with Crippen LogP contribution in [-0.4, -0.2) is 27.8 Å². The summed E-state index contributed by atoms with van der Waals surface area (Å²) in [6.45, 7) is 6.14. The standard InChI is InChI=1S/C12H15N3O2S/c1-3-4-13-10(16)9-6-15-11(17)8(2)5-14-12(15)18-7-9/h3,5,9H,1,4,6-7H2,2H3,(H,13,16). The second kappa shape index (κ2) is 5.39. The summed E-state index contributed by atoms with van der Waals surface area (Å²) in [6, 6.07) is 0. The normalized spacial score (nSPS) is 17.9. The van der Waals surface area contributed by atoms with Gasteiger partial charge in [-0.1, -0.05) is 17.8 Å². The van der Waals surface area contributed by atoms with Crippen molar-refractivity contribution in [3.63, 3.8) is 0 Å². The molecule has 0 radical (unpaired) electrons. The van der Waals surface area contributed by atoms with E-state index in [1.54, 1.807) is 23.8 Å². The topological polar surface area (TPSA) is 64.0 Å². The van der Waals surface area contributed by atoms with Crippen molar-refractivity contribution in [2.45, 2.75) is 18.6 Å². The molecule has 0 aliphatic carbocycles. The SMILES string of the molecule is C=CCNC(=O)C1CSc2ncc(C)c(=O)n2C1. The molecule has 1 amide bonds. The summed E-state index contributed by atoms with van der Waals surface area (Å²) in [6.07, 6.45) is 3.22. The summed E-state index contributed by atoms with van der Waals surface area (Å²) < 4.78 is 1.58. The lowest BCUT2D eigenvalue weighted by Crippen LogP contribution is -2.40. The number of carbonyl (C=O) groups is 1. The van der Waals surface area contributed by atoms with Gasteiger partial charge in [0.1, 0.15) is 0 Å². The molecule has 0 fully saturated rings. The van der Waals surface area contributed by atoms with Crippen LogP contribution < -0.4 is 10.9 Å². The van der Waals surface area contributed by atoms with Crippen molar-refractivity contribution in [2.75, 3.05) is 12.3 Å². The van der Waals surface area contributed by atoms with Crippen LogP contribution >= 0.6 is 11.8 Å². The van der Waals surface area contributed by atoms with Crippen molar-refractivity contribution in [2.24, 2.45) is 5.92 Å². The van der Waals surface area contributed by atoms with Crippen LogP contribution in [0.3, 0.4) is 0 Å². The molecule has 2 heterocycles. The Balaban J connectivity index is 2.19. The maximum Gasteiger partial charge on any atom is 0.257 e. The number of aryl methyl sites for hydroxylation is 1. The second-order valence-corrected chi connectivity index (χ2v) is 5.17. The smallest absolute Gasteiger partial charge is 0.257 e. The van der Waals surface area contributed by atoms with Crippen LogP contribution in [-0.2, 0) is 11.3 Å². The van der Waals surface area contributed by atoms with Crippen molar-refractivity contribution < 1.29 is 4.79 Å². The van der Waals surface area contributed by atoms with Crippen LogP contribution in [0.1, 0.15) is 5.56 Å². The van der Waals surface area contributed by atoms with Crippen molar-refractivity contribution in [3.05, 3.63) is 34.8 Å². The molecule has 1 aliphatic heterocycles. The quantitative estimate of drug-likeness (QED) is 0.641. The predicted molar refractivity (Wildman–Crippen MR) is 70.7 cm³/mol. The maximum absolute atomic E-state index is 12.0. The van der Waals surface area contributed by atoms with Gasteiger partial charge < -0.3 is 5.32 Å². The minimum absolute atomic E-state index is 0.0403. The van der Waals surface area contributed by atoms with Gasteiger partial charge in [-0.15, -0.1) is 6.58 Å². The van der Waals surface area contributed by atoms with Crippen molar-refractivity contribution >= 4 is 17.7 Å². The number of hydrogen-bond donors (Lipinski definition) is 1. The van der Waals surface area contributed by atoms with Gasteiger partial charge >= 0.3 is 0 Å². The van der Waals surface area contributed by atoms with Crippen molar-refractivity contribution in [3.8, 4) is 0 Å². The van der Waals surface area contributed by atoms with Crippen LogP contribution in [0.4, 0.5) is 0 Å². The Morgan fingerprint density at radius 3 is 3.28 bits per heavy atom. The first kappa shape index (κ1) is 12.9. The highest BCUT2D eigenvalue weighted by Gasteiger charge is 2.26. The predicted octanol–water partition coefficient (Wildman–Crippen LogP) is 0.576. The summed E-state index contributed by atoms with van der Waals surface area (Å²) >= 11 is 1.45. The fourth-order valence-corrected chi connectivity index (χ4v) is 2.82. The maximum atomic E-state index is 12.0. The van der Waals surface area contributed by atoms with E-state index >= 15 is 0 Å². The van der Waals surface area contributed by atoms with Crippen LogP contribution in [0.5, 0.6) is 0 Å². The summed E-state index contributed by atoms with van der Waals surface area (Å²) in [4.78, 5) is 28.0. The Hall–Kier alpha value is -1.56. The molecule has 1 unspecified atom stereocenters. The van der Waals surface area contributed by atoms with Crippen LogP contribution in [0.2, 0.25) is 0 Å². The Morgan fingerprint density at radius 2 is 2.56 bits per heavy atom. The molecule has 18 heavy (non-hydrogen) atoms. The molecule has 0 saturated heterocycles. The van der Waals surface area contributed by atoms with Crippen LogP contribution in [0, 0.1) is 12.8 Å². The van der Waals surface area contributed by atoms with Gasteiger partial charge in [0, 0.05) is 30.6 Å². The summed E-state index contributed by atoms with van der Waals surface area (Å²) in [7, 11) is 0. The Labute approximate surface area is 109 Å². The molecule has 1 atom stereocenters. The molecule has 0 spiro atoms. The van der Waals surface area contributed by atoms with Crippen LogP contribution in [0.15, 0.2) is 28.8 Å². The molecule has 0 saturated carbocycles. The summed E-state index contributed by atoms with van der Waals surface area (Å²) in [5, 5.41) is 3.45. The number of amides is 1. The first-order chi connectivity index (χ1) is 8.63. The molecule has 1 aromatic heterocycles. The van der Waals surface area contributed by atoms with E-state index in [0.29, 0.717) is 29.6 Å². The molecule has 6 heteroatoms. The Kier molecular flexibility index (Phi) is 3.86. The minimum Gasteiger partial charge on any atom is -0.352 e. The number of nitrogens with one attached hydrogen (secondary N) is 1. The van der Waals surface area contributed by atoms with E-state index in [1.807, 2.05) is 0 Å². The van der Waals surface area contributed by atoms with Gasteiger partial charge in [0.15, 0.2) is 5.16 Å². The van der Waals surface area contributed by atoms with E-state index in [1.165, 1.54) is 11.8 Å². The lowest BCUT2D eigenvalue weighted by Gasteiger charge is -2.24. The number of rotatable bonds is 3. The van der Waals surface area contributed by atoms with Gasteiger partial charge in [0.05, 0.1) is 5.92 Å². The van der Waals surface area contributed by atoms with Crippen LogP contribution in [0.25, 0.3) is 0 Å². The zero-order chi connectivity index (χ0) is 13.1. The molecule has 2 rings (SSSR count). The van der Waals surface area contributed by atoms with E-state index in [9.17, 15) is 9.59 Å². The third-order valence-electron chi connectivity index (χ3n) is 2.79. The number of nitrogens with zero attached hydrogens (tertiary/aromatic N) is 2. The number of fused-ring (bicyclic) bond motifs is 1. The highest BCUT2D eigenvalue weighted by Crippen LogP contribution is 2.24. The van der Waals surface area contributed by atoms with Crippen molar-refractivity contribution in [1.82, 2.24) is 14.9 Å². The van der Waals surface area contributed by atoms with E-state index in [-0.39, 0.29) is 17.4 Å². The number of carbonyl (C=O) groups excluding carboxylic acids is 1. The van der Waals surface area contributed by atoms with Gasteiger partial charge in [0.2, 0.25) is 5.91 Å². The van der Waals surface area contributed by atoms with Crippen molar-refractivity contribution in [1.29, 1.82) is 0 Å². The fourth-order valence-electron chi connectivity index (χ4n) is 1.78. The second-order valence-electron chi connectivity index (χ2n) is 4.18. The van der Waals surface area contributed by atoms with Gasteiger partial charge in [-0.2, -0.15) is 0 Å². The first-order valence-electron chi connectivity index (χ1n) is 5.71. The van der Waals surface area contributed by atoms with Gasteiger partial charge in [-0.05, 0) is 6.92 Å². The number of hydrogen-bond acceptors (Lipinski definition) is 4. The molecule has 5 nitrogen and oxygen atoms in total.